The highest BCUT2D eigenvalue weighted by Gasteiger charge is 2.29. The lowest BCUT2D eigenvalue weighted by atomic mass is 9.93. The summed E-state index contributed by atoms with van der Waals surface area (Å²) in [4.78, 5) is 19.7. The molecule has 0 fully saturated rings. The number of benzene rings is 1. The van der Waals surface area contributed by atoms with Crippen molar-refractivity contribution in [3.63, 3.8) is 0 Å². The largest absolute Gasteiger partial charge is 0.394 e. The van der Waals surface area contributed by atoms with Crippen molar-refractivity contribution in [2.75, 3.05) is 19.7 Å². The van der Waals surface area contributed by atoms with Crippen LogP contribution < -0.4 is 5.32 Å². The van der Waals surface area contributed by atoms with Crippen molar-refractivity contribution >= 4 is 17.4 Å². The number of nitrogens with one attached hydrogen (secondary N) is 1. The van der Waals surface area contributed by atoms with Crippen molar-refractivity contribution in [3.05, 3.63) is 51.5 Å². The van der Waals surface area contributed by atoms with E-state index < -0.39 is 0 Å². The molecule has 3 rings (SSSR count). The fraction of sp³-hybridized carbons (Fsp3) is 0.412. The van der Waals surface area contributed by atoms with Gasteiger partial charge < -0.3 is 15.3 Å². The summed E-state index contributed by atoms with van der Waals surface area (Å²) in [5.41, 5.74) is 2.26. The van der Waals surface area contributed by atoms with Gasteiger partial charge in [-0.15, -0.1) is 11.3 Å². The smallest absolute Gasteiger partial charge is 0.318 e. The summed E-state index contributed by atoms with van der Waals surface area (Å²) in [6.07, 6.45) is 3.41. The number of aryl methyl sites for hydroxylation is 1. The van der Waals surface area contributed by atoms with Gasteiger partial charge in [-0.05, 0) is 24.5 Å². The summed E-state index contributed by atoms with van der Waals surface area (Å²) < 4.78 is 0. The van der Waals surface area contributed by atoms with Gasteiger partial charge in [0.25, 0.3) is 0 Å². The number of amides is 2. The number of carbonyl (C=O) groups is 1. The number of urea groups is 1. The Bertz CT molecular complexity index is 686. The maximum absolute atomic E-state index is 12.5. The summed E-state index contributed by atoms with van der Waals surface area (Å²) in [6, 6.07) is 7.63. The van der Waals surface area contributed by atoms with Gasteiger partial charge in [0.15, 0.2) is 0 Å². The average molecular weight is 331 g/mol. The molecule has 0 radical (unpaired) electrons. The van der Waals surface area contributed by atoms with Gasteiger partial charge in [0.2, 0.25) is 0 Å². The van der Waals surface area contributed by atoms with Gasteiger partial charge in [-0.3, -0.25) is 0 Å². The van der Waals surface area contributed by atoms with Crippen molar-refractivity contribution < 1.29 is 9.90 Å². The van der Waals surface area contributed by atoms with Crippen LogP contribution in [0.15, 0.2) is 30.5 Å². The highest BCUT2D eigenvalue weighted by atomic mass is 32.1. The van der Waals surface area contributed by atoms with E-state index in [1.807, 2.05) is 31.3 Å². The number of thiazole rings is 1. The quantitative estimate of drug-likeness (QED) is 0.903. The first-order valence-corrected chi connectivity index (χ1v) is 8.65. The van der Waals surface area contributed by atoms with E-state index in [0.717, 1.165) is 23.4 Å². The third kappa shape index (κ3) is 3.54. The molecule has 2 aromatic rings. The summed E-state index contributed by atoms with van der Waals surface area (Å²) >= 11 is 1.65. The molecule has 1 aliphatic rings. The Labute approximate surface area is 140 Å². The fourth-order valence-corrected chi connectivity index (χ4v) is 3.77. The number of hydrogen-bond acceptors (Lipinski definition) is 4. The lowest BCUT2D eigenvalue weighted by Crippen LogP contribution is -2.47. The Morgan fingerprint density at radius 3 is 3.04 bits per heavy atom. The fourth-order valence-electron chi connectivity index (χ4n) is 2.99. The Balaban J connectivity index is 1.61. The predicted molar refractivity (Wildman–Crippen MR) is 90.6 cm³/mol. The van der Waals surface area contributed by atoms with E-state index >= 15 is 0 Å². The minimum atomic E-state index is -0.262. The SMILES string of the molecule is Cc1cnc(CCNC(=O)N2CCc3ccccc3C2CO)s1. The van der Waals surface area contributed by atoms with E-state index in [1.54, 1.807) is 16.2 Å². The van der Waals surface area contributed by atoms with Crippen molar-refractivity contribution in [2.45, 2.75) is 25.8 Å². The topological polar surface area (TPSA) is 65.5 Å². The average Bonchev–Trinajstić information content (AvgIpc) is 2.99. The van der Waals surface area contributed by atoms with Crippen LogP contribution in [0.1, 0.15) is 27.1 Å². The van der Waals surface area contributed by atoms with Gasteiger partial charge in [0.05, 0.1) is 17.7 Å². The van der Waals surface area contributed by atoms with Crippen LogP contribution in [0.2, 0.25) is 0 Å². The zero-order valence-electron chi connectivity index (χ0n) is 13.2. The van der Waals surface area contributed by atoms with Crippen LogP contribution in [-0.4, -0.2) is 40.7 Å². The van der Waals surface area contributed by atoms with Gasteiger partial charge in [-0.1, -0.05) is 24.3 Å². The molecular weight excluding hydrogens is 310 g/mol. The number of rotatable bonds is 4. The second kappa shape index (κ2) is 7.10. The Kier molecular flexibility index (Phi) is 4.93. The standard InChI is InChI=1S/C17H21N3O2S/c1-12-10-19-16(23-12)6-8-18-17(22)20-9-7-13-4-2-3-5-14(13)15(20)11-21/h2-5,10,15,21H,6-9,11H2,1H3,(H,18,22). The minimum absolute atomic E-state index is 0.0594. The molecule has 0 saturated heterocycles. The van der Waals surface area contributed by atoms with Gasteiger partial charge in [-0.25, -0.2) is 9.78 Å². The summed E-state index contributed by atoms with van der Waals surface area (Å²) in [5.74, 6) is 0. The van der Waals surface area contributed by atoms with Gasteiger partial charge >= 0.3 is 6.03 Å². The minimum Gasteiger partial charge on any atom is -0.394 e. The van der Waals surface area contributed by atoms with Crippen LogP contribution in [0.3, 0.4) is 0 Å². The lowest BCUT2D eigenvalue weighted by molar-refractivity contribution is 0.127. The third-order valence-electron chi connectivity index (χ3n) is 4.13. The van der Waals surface area contributed by atoms with E-state index in [0.29, 0.717) is 13.1 Å². The molecular formula is C17H21N3O2S. The molecule has 2 heterocycles. The molecule has 122 valence electrons. The normalized spacial score (nSPS) is 17.0. The first-order valence-electron chi connectivity index (χ1n) is 7.83. The van der Waals surface area contributed by atoms with Crippen LogP contribution in [0, 0.1) is 6.92 Å². The molecule has 1 atom stereocenters. The van der Waals surface area contributed by atoms with Crippen LogP contribution in [0.25, 0.3) is 0 Å². The van der Waals surface area contributed by atoms with E-state index in [4.69, 9.17) is 0 Å². The molecule has 0 aliphatic carbocycles. The van der Waals surface area contributed by atoms with Gasteiger partial charge in [-0.2, -0.15) is 0 Å². The Morgan fingerprint density at radius 2 is 2.30 bits per heavy atom. The number of fused-ring (bicyclic) bond motifs is 1. The van der Waals surface area contributed by atoms with Crippen molar-refractivity contribution in [3.8, 4) is 0 Å². The molecule has 1 aliphatic heterocycles. The number of carbonyl (C=O) groups excluding carboxylic acids is 1. The second-order valence-electron chi connectivity index (χ2n) is 5.69. The highest BCUT2D eigenvalue weighted by molar-refractivity contribution is 7.11. The first-order chi connectivity index (χ1) is 11.2. The second-order valence-corrected chi connectivity index (χ2v) is 7.01. The summed E-state index contributed by atoms with van der Waals surface area (Å²) in [6.45, 7) is 3.15. The number of hydrogen-bond donors (Lipinski definition) is 2. The summed E-state index contributed by atoms with van der Waals surface area (Å²) in [7, 11) is 0. The summed E-state index contributed by atoms with van der Waals surface area (Å²) in [5, 5.41) is 13.7. The molecule has 1 unspecified atom stereocenters. The first kappa shape index (κ1) is 16.0. The molecule has 1 aromatic carbocycles. The van der Waals surface area contributed by atoms with Crippen LogP contribution in [0.5, 0.6) is 0 Å². The van der Waals surface area contributed by atoms with E-state index in [1.165, 1.54) is 10.4 Å². The van der Waals surface area contributed by atoms with Crippen molar-refractivity contribution in [1.29, 1.82) is 0 Å². The molecule has 1 aromatic heterocycles. The molecule has 0 saturated carbocycles. The van der Waals surface area contributed by atoms with Crippen LogP contribution in [-0.2, 0) is 12.8 Å². The highest BCUT2D eigenvalue weighted by Crippen LogP contribution is 2.29. The molecule has 23 heavy (non-hydrogen) atoms. The van der Waals surface area contributed by atoms with E-state index in [9.17, 15) is 9.90 Å². The maximum atomic E-state index is 12.5. The molecule has 2 N–H and O–H groups in total. The van der Waals surface area contributed by atoms with Gasteiger partial charge in [0.1, 0.15) is 0 Å². The van der Waals surface area contributed by atoms with E-state index in [2.05, 4.69) is 16.4 Å². The number of aliphatic hydroxyl groups is 1. The number of aromatic nitrogens is 1. The monoisotopic (exact) mass is 331 g/mol. The number of aliphatic hydroxyl groups excluding tert-OH is 1. The van der Waals surface area contributed by atoms with E-state index in [-0.39, 0.29) is 18.7 Å². The predicted octanol–water partition coefficient (Wildman–Crippen LogP) is 2.30. The maximum Gasteiger partial charge on any atom is 0.318 e. The molecule has 5 nitrogen and oxygen atoms in total. The van der Waals surface area contributed by atoms with Crippen LogP contribution >= 0.6 is 11.3 Å². The molecule has 6 heteroatoms. The zero-order chi connectivity index (χ0) is 16.2. The Morgan fingerprint density at radius 1 is 1.48 bits per heavy atom. The van der Waals surface area contributed by atoms with Crippen molar-refractivity contribution in [2.24, 2.45) is 0 Å². The molecule has 2 amide bonds. The van der Waals surface area contributed by atoms with Crippen LogP contribution in [0.4, 0.5) is 4.79 Å². The number of nitrogens with zero attached hydrogens (tertiary/aromatic N) is 2. The zero-order valence-corrected chi connectivity index (χ0v) is 14.0. The third-order valence-corrected chi connectivity index (χ3v) is 5.10. The Hall–Kier alpha value is -1.92. The molecule has 0 bridgehead atoms. The van der Waals surface area contributed by atoms with Crippen molar-refractivity contribution in [1.82, 2.24) is 15.2 Å². The lowest BCUT2D eigenvalue weighted by Gasteiger charge is -2.36. The molecule has 0 spiro atoms. The van der Waals surface area contributed by atoms with Gasteiger partial charge in [0, 0.05) is 30.6 Å².